The number of aryl methyl sites for hydroxylation is 2. The zero-order chi connectivity index (χ0) is 11.4. The van der Waals surface area contributed by atoms with E-state index in [-0.39, 0.29) is 5.92 Å². The SMILES string of the molecule is Cc1nn(C)c2c1C(O)(C(=O)O)C(C)C2. The fourth-order valence-electron chi connectivity index (χ4n) is 2.44. The molecule has 5 heteroatoms. The fraction of sp³-hybridized carbons (Fsp3) is 0.600. The lowest BCUT2D eigenvalue weighted by Crippen LogP contribution is -2.39. The fourth-order valence-corrected chi connectivity index (χ4v) is 2.44. The second-order valence-corrected chi connectivity index (χ2v) is 4.21. The van der Waals surface area contributed by atoms with Gasteiger partial charge in [-0.3, -0.25) is 4.68 Å². The molecular formula is C10H14N2O3. The van der Waals surface area contributed by atoms with E-state index in [0.29, 0.717) is 17.7 Å². The predicted octanol–water partition coefficient (Wildman–Crippen LogP) is 0.193. The smallest absolute Gasteiger partial charge is 0.340 e. The molecule has 0 saturated heterocycles. The molecule has 2 atom stereocenters. The molecule has 1 aliphatic rings. The van der Waals surface area contributed by atoms with Gasteiger partial charge in [0.05, 0.1) is 5.69 Å². The molecule has 0 spiro atoms. The summed E-state index contributed by atoms with van der Waals surface area (Å²) in [6, 6.07) is 0. The summed E-state index contributed by atoms with van der Waals surface area (Å²) >= 11 is 0. The largest absolute Gasteiger partial charge is 0.479 e. The monoisotopic (exact) mass is 210 g/mol. The first kappa shape index (κ1) is 10.2. The van der Waals surface area contributed by atoms with Gasteiger partial charge in [0, 0.05) is 24.2 Å². The summed E-state index contributed by atoms with van der Waals surface area (Å²) in [5.41, 5.74) is 0.130. The van der Waals surface area contributed by atoms with Crippen molar-refractivity contribution in [2.24, 2.45) is 13.0 Å². The normalized spacial score (nSPS) is 29.2. The summed E-state index contributed by atoms with van der Waals surface area (Å²) in [5.74, 6) is -1.50. The highest BCUT2D eigenvalue weighted by atomic mass is 16.4. The van der Waals surface area contributed by atoms with E-state index in [1.54, 1.807) is 25.6 Å². The van der Waals surface area contributed by atoms with Gasteiger partial charge in [-0.25, -0.2) is 4.79 Å². The first-order valence-electron chi connectivity index (χ1n) is 4.87. The minimum Gasteiger partial charge on any atom is -0.479 e. The molecule has 0 bridgehead atoms. The van der Waals surface area contributed by atoms with Crippen LogP contribution in [0.15, 0.2) is 0 Å². The average Bonchev–Trinajstić information content (AvgIpc) is 2.54. The molecule has 1 aliphatic carbocycles. The van der Waals surface area contributed by atoms with Crippen molar-refractivity contribution < 1.29 is 15.0 Å². The van der Waals surface area contributed by atoms with Crippen molar-refractivity contribution >= 4 is 5.97 Å². The van der Waals surface area contributed by atoms with Gasteiger partial charge in [0.1, 0.15) is 0 Å². The van der Waals surface area contributed by atoms with Gasteiger partial charge >= 0.3 is 5.97 Å². The molecule has 1 aromatic rings. The molecule has 2 rings (SSSR count). The Kier molecular flexibility index (Phi) is 1.91. The lowest BCUT2D eigenvalue weighted by atomic mass is 9.88. The van der Waals surface area contributed by atoms with Gasteiger partial charge in [-0.15, -0.1) is 0 Å². The Morgan fingerprint density at radius 2 is 2.27 bits per heavy atom. The van der Waals surface area contributed by atoms with Crippen LogP contribution in [0.3, 0.4) is 0 Å². The molecule has 15 heavy (non-hydrogen) atoms. The van der Waals surface area contributed by atoms with Crippen LogP contribution in [0.4, 0.5) is 0 Å². The number of nitrogens with zero attached hydrogens (tertiary/aromatic N) is 2. The third-order valence-corrected chi connectivity index (χ3v) is 3.26. The van der Waals surface area contributed by atoms with Crippen LogP contribution in [0.2, 0.25) is 0 Å². The third-order valence-electron chi connectivity index (χ3n) is 3.26. The maximum Gasteiger partial charge on any atom is 0.340 e. The molecule has 0 aliphatic heterocycles. The molecule has 82 valence electrons. The highest BCUT2D eigenvalue weighted by Crippen LogP contribution is 2.42. The molecule has 0 aromatic carbocycles. The van der Waals surface area contributed by atoms with Gasteiger partial charge in [-0.1, -0.05) is 6.92 Å². The molecule has 1 heterocycles. The number of aromatic nitrogens is 2. The highest BCUT2D eigenvalue weighted by molar-refractivity contribution is 5.81. The third kappa shape index (κ3) is 1.07. The van der Waals surface area contributed by atoms with Crippen molar-refractivity contribution in [3.05, 3.63) is 17.0 Å². The minimum atomic E-state index is -1.77. The number of hydrogen-bond acceptors (Lipinski definition) is 3. The van der Waals surface area contributed by atoms with Crippen LogP contribution in [-0.4, -0.2) is 26.0 Å². The van der Waals surface area contributed by atoms with E-state index < -0.39 is 11.6 Å². The van der Waals surface area contributed by atoms with Gasteiger partial charge in [-0.05, 0) is 13.3 Å². The Morgan fingerprint density at radius 1 is 1.67 bits per heavy atom. The van der Waals surface area contributed by atoms with E-state index in [1.165, 1.54) is 0 Å². The van der Waals surface area contributed by atoms with Gasteiger partial charge in [-0.2, -0.15) is 5.10 Å². The molecule has 1 aromatic heterocycles. The second kappa shape index (κ2) is 2.82. The van der Waals surface area contributed by atoms with Crippen LogP contribution >= 0.6 is 0 Å². The summed E-state index contributed by atoms with van der Waals surface area (Å²) in [5, 5.41) is 23.5. The quantitative estimate of drug-likeness (QED) is 0.694. The van der Waals surface area contributed by atoms with Crippen LogP contribution < -0.4 is 0 Å². The van der Waals surface area contributed by atoms with Gasteiger partial charge in [0.25, 0.3) is 0 Å². The summed E-state index contributed by atoms with van der Waals surface area (Å²) in [4.78, 5) is 11.2. The Balaban J connectivity index is 2.68. The van der Waals surface area contributed by atoms with Crippen molar-refractivity contribution in [2.45, 2.75) is 25.9 Å². The number of hydrogen-bond donors (Lipinski definition) is 2. The molecule has 0 amide bonds. The molecule has 0 fully saturated rings. The van der Waals surface area contributed by atoms with Crippen molar-refractivity contribution in [2.75, 3.05) is 0 Å². The van der Waals surface area contributed by atoms with Gasteiger partial charge < -0.3 is 10.2 Å². The summed E-state index contributed by atoms with van der Waals surface area (Å²) < 4.78 is 1.65. The van der Waals surface area contributed by atoms with Crippen LogP contribution in [0.5, 0.6) is 0 Å². The lowest BCUT2D eigenvalue weighted by molar-refractivity contribution is -0.164. The molecule has 0 saturated carbocycles. The maximum atomic E-state index is 11.2. The van der Waals surface area contributed by atoms with E-state index >= 15 is 0 Å². The Hall–Kier alpha value is -1.36. The number of aliphatic hydroxyl groups is 1. The summed E-state index contributed by atoms with van der Waals surface area (Å²) in [6.45, 7) is 3.47. The van der Waals surface area contributed by atoms with E-state index in [1.807, 2.05) is 0 Å². The molecule has 0 radical (unpaired) electrons. The van der Waals surface area contributed by atoms with Gasteiger partial charge in [0.15, 0.2) is 5.60 Å². The number of carbonyl (C=O) groups is 1. The molecular weight excluding hydrogens is 196 g/mol. The molecule has 5 nitrogen and oxygen atoms in total. The predicted molar refractivity (Wildman–Crippen MR) is 52.3 cm³/mol. The summed E-state index contributed by atoms with van der Waals surface area (Å²) in [6.07, 6.45) is 0.551. The van der Waals surface area contributed by atoms with Crippen molar-refractivity contribution in [3.63, 3.8) is 0 Å². The number of carboxylic acids is 1. The first-order valence-corrected chi connectivity index (χ1v) is 4.87. The van der Waals surface area contributed by atoms with Crippen molar-refractivity contribution in [3.8, 4) is 0 Å². The first-order chi connectivity index (χ1) is 6.89. The second-order valence-electron chi connectivity index (χ2n) is 4.21. The lowest BCUT2D eigenvalue weighted by Gasteiger charge is -2.23. The van der Waals surface area contributed by atoms with Gasteiger partial charge in [0.2, 0.25) is 0 Å². The zero-order valence-electron chi connectivity index (χ0n) is 8.98. The van der Waals surface area contributed by atoms with Crippen LogP contribution in [0.1, 0.15) is 23.9 Å². The number of aliphatic carboxylic acids is 1. The van der Waals surface area contributed by atoms with E-state index in [0.717, 1.165) is 5.69 Å². The Morgan fingerprint density at radius 3 is 2.80 bits per heavy atom. The average molecular weight is 210 g/mol. The highest BCUT2D eigenvalue weighted by Gasteiger charge is 2.52. The summed E-state index contributed by atoms with van der Waals surface area (Å²) in [7, 11) is 1.77. The Labute approximate surface area is 87.3 Å². The number of fused-ring (bicyclic) bond motifs is 1. The molecule has 2 N–H and O–H groups in total. The van der Waals surface area contributed by atoms with E-state index in [9.17, 15) is 9.90 Å². The molecule has 2 unspecified atom stereocenters. The van der Waals surface area contributed by atoms with Crippen LogP contribution in [0, 0.1) is 12.8 Å². The van der Waals surface area contributed by atoms with Crippen molar-refractivity contribution in [1.82, 2.24) is 9.78 Å². The van der Waals surface area contributed by atoms with Crippen LogP contribution in [-0.2, 0) is 23.9 Å². The van der Waals surface area contributed by atoms with Crippen molar-refractivity contribution in [1.29, 1.82) is 0 Å². The maximum absolute atomic E-state index is 11.2. The van der Waals surface area contributed by atoms with E-state index in [4.69, 9.17) is 5.11 Å². The minimum absolute atomic E-state index is 0.312. The number of rotatable bonds is 1. The number of carboxylic acid groups (broad SMARTS) is 1. The standard InChI is InChI=1S/C10H14N2O3/c1-5-4-7-8(6(2)11-12(7)3)10(5,15)9(13)14/h5,15H,4H2,1-3H3,(H,13,14). The van der Waals surface area contributed by atoms with E-state index in [2.05, 4.69) is 5.10 Å². The zero-order valence-corrected chi connectivity index (χ0v) is 8.98. The van der Waals surface area contributed by atoms with Crippen LogP contribution in [0.25, 0.3) is 0 Å². The topological polar surface area (TPSA) is 75.3 Å². The Bertz CT molecular complexity index is 438.